The van der Waals surface area contributed by atoms with E-state index in [1.807, 2.05) is 0 Å². The van der Waals surface area contributed by atoms with Crippen molar-refractivity contribution in [2.75, 3.05) is 0 Å². The van der Waals surface area contributed by atoms with Gasteiger partial charge in [0.05, 0.1) is 10.9 Å². The molecule has 0 aliphatic heterocycles. The van der Waals surface area contributed by atoms with Crippen molar-refractivity contribution in [3.63, 3.8) is 0 Å². The van der Waals surface area contributed by atoms with Gasteiger partial charge in [0, 0.05) is 5.56 Å². The lowest BCUT2D eigenvalue weighted by atomic mass is 10.0. The summed E-state index contributed by atoms with van der Waals surface area (Å²) in [6.07, 6.45) is -4.52. The van der Waals surface area contributed by atoms with Crippen LogP contribution in [0.4, 0.5) is 17.6 Å². The van der Waals surface area contributed by atoms with Crippen LogP contribution in [0.5, 0.6) is 0 Å². The lowest BCUT2D eigenvalue weighted by Crippen LogP contribution is -2.07. The lowest BCUT2D eigenvalue weighted by molar-refractivity contribution is -0.137. The zero-order valence-electron chi connectivity index (χ0n) is 9.59. The monoisotopic (exact) mass is 288 g/mol. The van der Waals surface area contributed by atoms with E-state index in [0.29, 0.717) is 11.6 Å². The third-order valence-corrected chi connectivity index (χ3v) is 3.18. The average molecular weight is 289 g/mol. The fourth-order valence-corrected chi connectivity index (χ4v) is 2.03. The van der Waals surface area contributed by atoms with E-state index in [4.69, 9.17) is 11.6 Å². The molecule has 0 heterocycles. The topological polar surface area (TPSA) is 0 Å². The summed E-state index contributed by atoms with van der Waals surface area (Å²) in [6, 6.07) is 10.6. The fraction of sp³-hybridized carbons (Fsp3) is 0.143. The van der Waals surface area contributed by atoms with Gasteiger partial charge in [-0.2, -0.15) is 13.2 Å². The first-order chi connectivity index (χ1) is 8.89. The third-order valence-electron chi connectivity index (χ3n) is 2.69. The maximum absolute atomic E-state index is 13.6. The van der Waals surface area contributed by atoms with E-state index in [0.717, 1.165) is 12.1 Å². The van der Waals surface area contributed by atoms with Crippen molar-refractivity contribution in [2.45, 2.75) is 11.6 Å². The second-order valence-corrected chi connectivity index (χ2v) is 4.44. The highest BCUT2D eigenvalue weighted by molar-refractivity contribution is 6.22. The molecule has 0 spiro atoms. The molecule has 0 aliphatic carbocycles. The SMILES string of the molecule is Fc1ccc(C(F)(F)F)cc1C(Cl)c1ccccc1. The van der Waals surface area contributed by atoms with Crippen LogP contribution in [0.15, 0.2) is 48.5 Å². The highest BCUT2D eigenvalue weighted by Crippen LogP contribution is 2.35. The van der Waals surface area contributed by atoms with Gasteiger partial charge in [-0.15, -0.1) is 11.6 Å². The molecule has 0 bridgehead atoms. The van der Waals surface area contributed by atoms with Crippen LogP contribution in [-0.2, 0) is 6.18 Å². The zero-order valence-corrected chi connectivity index (χ0v) is 10.3. The number of hydrogen-bond donors (Lipinski definition) is 0. The molecule has 0 amide bonds. The van der Waals surface area contributed by atoms with Crippen LogP contribution in [0, 0.1) is 5.82 Å². The minimum absolute atomic E-state index is 0.178. The minimum Gasteiger partial charge on any atom is -0.207 e. The molecule has 0 aliphatic rings. The van der Waals surface area contributed by atoms with Gasteiger partial charge in [-0.3, -0.25) is 0 Å². The van der Waals surface area contributed by atoms with Gasteiger partial charge in [0.25, 0.3) is 0 Å². The van der Waals surface area contributed by atoms with E-state index in [1.165, 1.54) is 0 Å². The quantitative estimate of drug-likeness (QED) is 0.528. The van der Waals surface area contributed by atoms with Crippen molar-refractivity contribution in [1.82, 2.24) is 0 Å². The van der Waals surface area contributed by atoms with E-state index in [9.17, 15) is 17.6 Å². The first-order valence-corrected chi connectivity index (χ1v) is 5.89. The molecular weight excluding hydrogens is 280 g/mol. The average Bonchev–Trinajstić information content (AvgIpc) is 2.38. The number of alkyl halides is 4. The zero-order chi connectivity index (χ0) is 14.0. The van der Waals surface area contributed by atoms with Gasteiger partial charge in [0.2, 0.25) is 0 Å². The molecule has 19 heavy (non-hydrogen) atoms. The van der Waals surface area contributed by atoms with Gasteiger partial charge in [-0.25, -0.2) is 4.39 Å². The summed E-state index contributed by atoms with van der Waals surface area (Å²) in [6.45, 7) is 0. The summed E-state index contributed by atoms with van der Waals surface area (Å²) in [4.78, 5) is 0. The van der Waals surface area contributed by atoms with E-state index in [1.54, 1.807) is 30.3 Å². The molecule has 0 radical (unpaired) electrons. The van der Waals surface area contributed by atoms with Crippen LogP contribution in [0.25, 0.3) is 0 Å². The van der Waals surface area contributed by atoms with Crippen molar-refractivity contribution in [3.05, 3.63) is 71.0 Å². The molecule has 0 N–H and O–H groups in total. The Bertz CT molecular complexity index is 563. The van der Waals surface area contributed by atoms with E-state index < -0.39 is 22.9 Å². The standard InChI is InChI=1S/C14H9ClF4/c15-13(9-4-2-1-3-5-9)11-8-10(14(17,18)19)6-7-12(11)16/h1-8,13H. The van der Waals surface area contributed by atoms with Crippen LogP contribution in [0.1, 0.15) is 22.1 Å². The Morgan fingerprint density at radius 1 is 0.947 bits per heavy atom. The molecule has 0 saturated heterocycles. The molecule has 0 saturated carbocycles. The van der Waals surface area contributed by atoms with Crippen LogP contribution in [0.3, 0.4) is 0 Å². The number of rotatable bonds is 2. The molecule has 5 heteroatoms. The molecule has 100 valence electrons. The van der Waals surface area contributed by atoms with Gasteiger partial charge < -0.3 is 0 Å². The normalized spacial score (nSPS) is 13.3. The Hall–Kier alpha value is -1.55. The Kier molecular flexibility index (Phi) is 3.80. The van der Waals surface area contributed by atoms with Crippen molar-refractivity contribution in [2.24, 2.45) is 0 Å². The van der Waals surface area contributed by atoms with Gasteiger partial charge in [-0.05, 0) is 23.8 Å². The molecule has 0 aromatic heterocycles. The first-order valence-electron chi connectivity index (χ1n) is 5.45. The van der Waals surface area contributed by atoms with Gasteiger partial charge in [0.15, 0.2) is 0 Å². The van der Waals surface area contributed by atoms with Crippen molar-refractivity contribution in [3.8, 4) is 0 Å². The first kappa shape index (κ1) is 13.9. The van der Waals surface area contributed by atoms with Crippen LogP contribution in [0.2, 0.25) is 0 Å². The predicted octanol–water partition coefficient (Wildman–Crippen LogP) is 5.17. The highest BCUT2D eigenvalue weighted by Gasteiger charge is 2.32. The second-order valence-electron chi connectivity index (χ2n) is 4.01. The van der Waals surface area contributed by atoms with Gasteiger partial charge >= 0.3 is 6.18 Å². The third kappa shape index (κ3) is 3.07. The maximum Gasteiger partial charge on any atom is 0.416 e. The Morgan fingerprint density at radius 3 is 2.16 bits per heavy atom. The van der Waals surface area contributed by atoms with Crippen LogP contribution in [-0.4, -0.2) is 0 Å². The summed E-state index contributed by atoms with van der Waals surface area (Å²) in [5.41, 5.74) is -0.546. The van der Waals surface area contributed by atoms with E-state index >= 15 is 0 Å². The highest BCUT2D eigenvalue weighted by atomic mass is 35.5. The minimum atomic E-state index is -4.52. The number of benzene rings is 2. The number of halogens is 5. The Morgan fingerprint density at radius 2 is 1.58 bits per heavy atom. The molecule has 1 unspecified atom stereocenters. The predicted molar refractivity (Wildman–Crippen MR) is 65.5 cm³/mol. The van der Waals surface area contributed by atoms with Crippen LogP contribution >= 0.6 is 11.6 Å². The summed E-state index contributed by atoms with van der Waals surface area (Å²) in [5.74, 6) is -0.753. The molecule has 1 atom stereocenters. The van der Waals surface area contributed by atoms with Crippen molar-refractivity contribution < 1.29 is 17.6 Å². The molecule has 0 nitrogen and oxygen atoms in total. The van der Waals surface area contributed by atoms with E-state index in [2.05, 4.69) is 0 Å². The maximum atomic E-state index is 13.6. The fourth-order valence-electron chi connectivity index (χ4n) is 1.72. The molecule has 2 aromatic carbocycles. The lowest BCUT2D eigenvalue weighted by Gasteiger charge is -2.14. The largest absolute Gasteiger partial charge is 0.416 e. The molecular formula is C14H9ClF4. The van der Waals surface area contributed by atoms with Crippen molar-refractivity contribution >= 4 is 11.6 Å². The summed E-state index contributed by atoms with van der Waals surface area (Å²) in [5, 5.41) is -0.955. The summed E-state index contributed by atoms with van der Waals surface area (Å²) < 4.78 is 51.4. The molecule has 0 fully saturated rings. The number of hydrogen-bond acceptors (Lipinski definition) is 0. The van der Waals surface area contributed by atoms with Crippen LogP contribution < -0.4 is 0 Å². The Balaban J connectivity index is 2.45. The Labute approximate surface area is 112 Å². The summed E-state index contributed by atoms with van der Waals surface area (Å²) >= 11 is 6.05. The smallest absolute Gasteiger partial charge is 0.207 e. The van der Waals surface area contributed by atoms with Gasteiger partial charge in [-0.1, -0.05) is 30.3 Å². The summed E-state index contributed by atoms with van der Waals surface area (Å²) in [7, 11) is 0. The van der Waals surface area contributed by atoms with Crippen molar-refractivity contribution in [1.29, 1.82) is 0 Å². The van der Waals surface area contributed by atoms with Gasteiger partial charge in [0.1, 0.15) is 5.82 Å². The molecule has 2 aromatic rings. The van der Waals surface area contributed by atoms with E-state index in [-0.39, 0.29) is 5.56 Å². The molecule has 2 rings (SSSR count). The second kappa shape index (κ2) is 5.21.